The Kier molecular flexibility index (Phi) is 11.4. The van der Waals surface area contributed by atoms with E-state index in [-0.39, 0.29) is 41.4 Å². The second kappa shape index (κ2) is 15.3. The summed E-state index contributed by atoms with van der Waals surface area (Å²) in [5, 5.41) is 3.89. The molecule has 0 aromatic heterocycles. The zero-order valence-corrected chi connectivity index (χ0v) is 28.2. The van der Waals surface area contributed by atoms with Crippen LogP contribution in [0.5, 0.6) is 0 Å². The van der Waals surface area contributed by atoms with E-state index < -0.39 is 0 Å². The van der Waals surface area contributed by atoms with E-state index in [1.807, 2.05) is 42.1 Å². The number of amides is 2. The molecule has 2 amide bonds. The average molecular weight is 640 g/mol. The van der Waals surface area contributed by atoms with E-state index in [1.54, 1.807) is 6.07 Å². The van der Waals surface area contributed by atoms with Crippen LogP contribution in [0.15, 0.2) is 42.5 Å². The van der Waals surface area contributed by atoms with E-state index in [2.05, 4.69) is 41.1 Å². The fourth-order valence-corrected chi connectivity index (χ4v) is 7.68. The highest BCUT2D eigenvalue weighted by Gasteiger charge is 2.43. The highest BCUT2D eigenvalue weighted by molar-refractivity contribution is 6.30. The van der Waals surface area contributed by atoms with E-state index in [0.717, 1.165) is 18.7 Å². The lowest BCUT2D eigenvalue weighted by Crippen LogP contribution is -2.52. The lowest BCUT2D eigenvalue weighted by atomic mass is 9.88. The molecule has 1 aliphatic carbocycles. The fourth-order valence-electron chi connectivity index (χ4n) is 7.55. The largest absolute Gasteiger partial charge is 0.365 e. The minimum atomic E-state index is -0.311. The molecule has 2 aliphatic heterocycles. The van der Waals surface area contributed by atoms with Crippen molar-refractivity contribution in [2.75, 3.05) is 64.8 Å². The number of para-hydroxylation sites is 1. The normalized spacial score (nSPS) is 22.3. The maximum absolute atomic E-state index is 15.6. The van der Waals surface area contributed by atoms with Gasteiger partial charge in [0.05, 0.1) is 17.6 Å². The molecule has 0 bridgehead atoms. The third-order valence-corrected chi connectivity index (χ3v) is 10.3. The van der Waals surface area contributed by atoms with Crippen LogP contribution in [0, 0.1) is 17.7 Å². The van der Waals surface area contributed by atoms with Gasteiger partial charge in [0.2, 0.25) is 11.8 Å². The number of piperazine rings is 1. The van der Waals surface area contributed by atoms with Gasteiger partial charge in [0.1, 0.15) is 5.82 Å². The molecule has 3 aliphatic rings. The summed E-state index contributed by atoms with van der Waals surface area (Å²) in [7, 11) is 3.89. The molecule has 246 valence electrons. The quantitative estimate of drug-likeness (QED) is 0.349. The Morgan fingerprint density at radius 2 is 1.67 bits per heavy atom. The highest BCUT2D eigenvalue weighted by atomic mass is 35.5. The molecule has 2 aromatic rings. The second-order valence-corrected chi connectivity index (χ2v) is 14.3. The number of nitrogens with one attached hydrogen (secondary N) is 1. The molecule has 5 rings (SSSR count). The number of hydrogen-bond acceptors (Lipinski definition) is 5. The van der Waals surface area contributed by atoms with Gasteiger partial charge in [0.25, 0.3) is 0 Å². The van der Waals surface area contributed by atoms with Gasteiger partial charge in [-0.2, -0.15) is 0 Å². The third-order valence-electron chi connectivity index (χ3n) is 10.1. The first kappa shape index (κ1) is 33.7. The van der Waals surface area contributed by atoms with Crippen molar-refractivity contribution in [1.82, 2.24) is 20.0 Å². The lowest BCUT2D eigenvalue weighted by Gasteiger charge is -2.39. The second-order valence-electron chi connectivity index (χ2n) is 13.8. The molecule has 2 heterocycles. The van der Waals surface area contributed by atoms with Crippen molar-refractivity contribution >= 4 is 29.1 Å². The van der Waals surface area contributed by atoms with Crippen LogP contribution in [0.4, 0.5) is 10.1 Å². The lowest BCUT2D eigenvalue weighted by molar-refractivity contribution is -0.136. The van der Waals surface area contributed by atoms with Gasteiger partial charge in [0.15, 0.2) is 0 Å². The zero-order chi connectivity index (χ0) is 32.1. The molecule has 2 aromatic carbocycles. The first-order valence-corrected chi connectivity index (χ1v) is 17.3. The number of hydrogen-bond donors (Lipinski definition) is 1. The molecule has 45 heavy (non-hydrogen) atoms. The monoisotopic (exact) mass is 639 g/mol. The van der Waals surface area contributed by atoms with Gasteiger partial charge >= 0.3 is 0 Å². The Labute approximate surface area is 274 Å². The molecule has 9 heteroatoms. The van der Waals surface area contributed by atoms with Gasteiger partial charge in [-0.3, -0.25) is 14.5 Å². The summed E-state index contributed by atoms with van der Waals surface area (Å²) in [5.41, 5.74) is 2.52. The minimum absolute atomic E-state index is 0.0397. The summed E-state index contributed by atoms with van der Waals surface area (Å²) < 4.78 is 15.6. The van der Waals surface area contributed by atoms with E-state index >= 15 is 4.39 Å². The number of nitrogens with zero attached hydrogens (tertiary/aromatic N) is 4. The van der Waals surface area contributed by atoms with Gasteiger partial charge in [-0.15, -0.1) is 0 Å². The van der Waals surface area contributed by atoms with Crippen LogP contribution in [-0.4, -0.2) is 92.5 Å². The van der Waals surface area contributed by atoms with Gasteiger partial charge in [-0.25, -0.2) is 4.39 Å². The summed E-state index contributed by atoms with van der Waals surface area (Å²) in [6, 6.07) is 13.4. The molecule has 7 nitrogen and oxygen atoms in total. The Morgan fingerprint density at radius 1 is 0.978 bits per heavy atom. The summed E-state index contributed by atoms with van der Waals surface area (Å²) in [6.07, 6.45) is 6.66. The van der Waals surface area contributed by atoms with Crippen LogP contribution in [0.25, 0.3) is 0 Å². The van der Waals surface area contributed by atoms with Gasteiger partial charge in [-0.05, 0) is 56.6 Å². The summed E-state index contributed by atoms with van der Waals surface area (Å²) in [4.78, 5) is 35.7. The van der Waals surface area contributed by atoms with Crippen LogP contribution in [-0.2, 0) is 9.59 Å². The number of carbonyl (C=O) groups is 2. The van der Waals surface area contributed by atoms with Crippen molar-refractivity contribution in [2.24, 2.45) is 11.8 Å². The van der Waals surface area contributed by atoms with Crippen molar-refractivity contribution in [2.45, 2.75) is 70.4 Å². The van der Waals surface area contributed by atoms with E-state index in [0.29, 0.717) is 55.9 Å². The standard InChI is InChI=1S/C36H51ClFN5O2/c1-25(2)34(39-33(44)17-18-40(3)4)29-11-8-12-32(38)35(29)41-19-21-42(22-20-41)36(45)31-24-43(28-9-6-5-7-10-28)23-30(31)26-13-15-27(37)16-14-26/h8,11-16,25,28,30-31,34H,5-7,9-10,17-24H2,1-4H3,(H,39,44)/t30?,31-,34?/m1/s1. The smallest absolute Gasteiger partial charge is 0.227 e. The summed E-state index contributed by atoms with van der Waals surface area (Å²) in [5.74, 6) is -0.0163. The van der Waals surface area contributed by atoms with Crippen molar-refractivity contribution in [3.63, 3.8) is 0 Å². The van der Waals surface area contributed by atoms with Crippen molar-refractivity contribution < 1.29 is 14.0 Å². The molecule has 0 radical (unpaired) electrons. The van der Waals surface area contributed by atoms with E-state index in [9.17, 15) is 9.59 Å². The zero-order valence-electron chi connectivity index (χ0n) is 27.5. The van der Waals surface area contributed by atoms with E-state index in [4.69, 9.17) is 11.6 Å². The van der Waals surface area contributed by atoms with E-state index in [1.165, 1.54) is 43.7 Å². The Bertz CT molecular complexity index is 1290. The maximum Gasteiger partial charge on any atom is 0.227 e. The van der Waals surface area contributed by atoms with Crippen LogP contribution < -0.4 is 10.2 Å². The molecule has 3 atom stereocenters. The van der Waals surface area contributed by atoms with Crippen LogP contribution >= 0.6 is 11.6 Å². The Morgan fingerprint density at radius 3 is 2.31 bits per heavy atom. The van der Waals surface area contributed by atoms with Crippen molar-refractivity contribution in [1.29, 1.82) is 0 Å². The number of likely N-dealkylation sites (tertiary alicyclic amines) is 1. The molecule has 1 saturated carbocycles. The fraction of sp³-hybridized carbons (Fsp3) is 0.611. The number of carbonyl (C=O) groups excluding carboxylic acids is 2. The van der Waals surface area contributed by atoms with Gasteiger partial charge in [0, 0.05) is 74.8 Å². The SMILES string of the molecule is CC(C)C(NC(=O)CCN(C)C)c1cccc(F)c1N1CCN(C(=O)[C@@H]2CN(C3CCCCC3)CC2c2ccc(Cl)cc2)CC1. The van der Waals surface area contributed by atoms with Crippen molar-refractivity contribution in [3.8, 4) is 0 Å². The molecular formula is C36H51ClFN5O2. The first-order valence-electron chi connectivity index (χ1n) is 16.9. The molecule has 1 N–H and O–H groups in total. The predicted molar refractivity (Wildman–Crippen MR) is 180 cm³/mol. The highest BCUT2D eigenvalue weighted by Crippen LogP contribution is 2.39. The number of anilines is 1. The van der Waals surface area contributed by atoms with Crippen molar-refractivity contribution in [3.05, 3.63) is 64.4 Å². The molecule has 0 spiro atoms. The molecule has 3 fully saturated rings. The summed E-state index contributed by atoms with van der Waals surface area (Å²) in [6.45, 7) is 8.63. The first-order chi connectivity index (χ1) is 21.6. The average Bonchev–Trinajstić information content (AvgIpc) is 3.48. The third kappa shape index (κ3) is 8.19. The molecular weight excluding hydrogens is 589 g/mol. The molecule has 2 unspecified atom stereocenters. The Balaban J connectivity index is 1.30. The minimum Gasteiger partial charge on any atom is -0.365 e. The topological polar surface area (TPSA) is 59.1 Å². The number of rotatable bonds is 10. The van der Waals surface area contributed by atoms with Crippen LogP contribution in [0.1, 0.15) is 75.5 Å². The maximum atomic E-state index is 15.6. The van der Waals surface area contributed by atoms with Crippen LogP contribution in [0.3, 0.4) is 0 Å². The van der Waals surface area contributed by atoms with Crippen LogP contribution in [0.2, 0.25) is 5.02 Å². The van der Waals surface area contributed by atoms with Gasteiger partial charge in [-0.1, -0.05) is 69.0 Å². The van der Waals surface area contributed by atoms with Gasteiger partial charge < -0.3 is 20.0 Å². The number of halogens is 2. The summed E-state index contributed by atoms with van der Waals surface area (Å²) >= 11 is 6.22. The predicted octanol–water partition coefficient (Wildman–Crippen LogP) is 5.94. The number of benzene rings is 2. The Hall–Kier alpha value is -2.68. The molecule has 2 saturated heterocycles.